The van der Waals surface area contributed by atoms with Gasteiger partial charge >= 0.3 is 5.97 Å². The molecule has 2 fully saturated rings. The number of benzene rings is 2. The minimum absolute atomic E-state index is 0.0986. The van der Waals surface area contributed by atoms with Crippen LogP contribution in [0.2, 0.25) is 5.02 Å². The summed E-state index contributed by atoms with van der Waals surface area (Å²) in [5.74, 6) is -1.57. The molecule has 1 heterocycles. The zero-order valence-corrected chi connectivity index (χ0v) is 15.1. The summed E-state index contributed by atoms with van der Waals surface area (Å²) < 4.78 is 27.3. The Balaban J connectivity index is 1.69. The van der Waals surface area contributed by atoms with Crippen molar-refractivity contribution in [2.45, 2.75) is 31.2 Å². The van der Waals surface area contributed by atoms with Crippen molar-refractivity contribution in [3.63, 3.8) is 0 Å². The summed E-state index contributed by atoms with van der Waals surface area (Å²) in [7, 11) is 0. The predicted octanol–water partition coefficient (Wildman–Crippen LogP) is 5.61. The lowest BCUT2D eigenvalue weighted by Crippen LogP contribution is -2.36. The first-order valence-electron chi connectivity index (χ1n) is 9.22. The molecule has 3 nitrogen and oxygen atoms in total. The van der Waals surface area contributed by atoms with Gasteiger partial charge in [0.2, 0.25) is 0 Å². The second-order valence-electron chi connectivity index (χ2n) is 7.95. The van der Waals surface area contributed by atoms with Crippen LogP contribution in [0.25, 0.3) is 0 Å². The van der Waals surface area contributed by atoms with Crippen molar-refractivity contribution in [3.05, 3.63) is 63.7 Å². The fraction of sp³-hybridized carbons (Fsp3) is 0.381. The SMILES string of the molecule is O=C(O)c1cc(Cl)cc2c1[C@@H]1[C@H]3CC[C@@H](C3)[C@@H]1[C@H](c1ccc(F)c(F)c1)N2. The Labute approximate surface area is 160 Å². The summed E-state index contributed by atoms with van der Waals surface area (Å²) in [4.78, 5) is 11.9. The Morgan fingerprint density at radius 1 is 1.11 bits per heavy atom. The first-order valence-corrected chi connectivity index (χ1v) is 9.60. The second kappa shape index (κ2) is 5.93. The van der Waals surface area contributed by atoms with Crippen molar-refractivity contribution in [3.8, 4) is 0 Å². The van der Waals surface area contributed by atoms with Crippen LogP contribution in [0.15, 0.2) is 30.3 Å². The maximum absolute atomic E-state index is 13.9. The number of carboxylic acids is 1. The molecule has 2 N–H and O–H groups in total. The number of hydrogen-bond donors (Lipinski definition) is 2. The van der Waals surface area contributed by atoms with E-state index in [2.05, 4.69) is 5.32 Å². The van der Waals surface area contributed by atoms with Gasteiger partial charge < -0.3 is 10.4 Å². The van der Waals surface area contributed by atoms with Crippen LogP contribution in [0.4, 0.5) is 14.5 Å². The summed E-state index contributed by atoms with van der Waals surface area (Å²) in [6.07, 6.45) is 3.23. The molecule has 2 bridgehead atoms. The molecule has 0 saturated heterocycles. The summed E-state index contributed by atoms with van der Waals surface area (Å²) in [6, 6.07) is 7.11. The van der Waals surface area contributed by atoms with E-state index in [0.717, 1.165) is 30.9 Å². The number of hydrogen-bond acceptors (Lipinski definition) is 2. The van der Waals surface area contributed by atoms with Crippen LogP contribution in [-0.4, -0.2) is 11.1 Å². The van der Waals surface area contributed by atoms with Crippen LogP contribution in [0.3, 0.4) is 0 Å². The molecule has 2 aromatic carbocycles. The predicted molar refractivity (Wildman–Crippen MR) is 98.2 cm³/mol. The Morgan fingerprint density at radius 2 is 1.89 bits per heavy atom. The molecular weight excluding hydrogens is 372 g/mol. The number of nitrogens with one attached hydrogen (secondary N) is 1. The quantitative estimate of drug-likeness (QED) is 0.701. The highest BCUT2D eigenvalue weighted by molar-refractivity contribution is 6.31. The molecule has 140 valence electrons. The number of carboxylic acid groups (broad SMARTS) is 1. The zero-order chi connectivity index (χ0) is 18.9. The third-order valence-corrected chi connectivity index (χ3v) is 6.91. The molecule has 3 aliphatic rings. The number of rotatable bonds is 2. The van der Waals surface area contributed by atoms with Crippen molar-refractivity contribution in [2.24, 2.45) is 17.8 Å². The summed E-state index contributed by atoms with van der Waals surface area (Å²) >= 11 is 6.17. The van der Waals surface area contributed by atoms with Gasteiger partial charge in [-0.2, -0.15) is 0 Å². The van der Waals surface area contributed by atoms with Gasteiger partial charge in [0.15, 0.2) is 11.6 Å². The highest BCUT2D eigenvalue weighted by Gasteiger charge is 2.54. The normalized spacial score (nSPS) is 30.6. The minimum atomic E-state index is -0.983. The maximum Gasteiger partial charge on any atom is 0.336 e. The smallest absolute Gasteiger partial charge is 0.336 e. The van der Waals surface area contributed by atoms with Gasteiger partial charge in [-0.1, -0.05) is 17.7 Å². The highest BCUT2D eigenvalue weighted by atomic mass is 35.5. The minimum Gasteiger partial charge on any atom is -0.478 e. The summed E-state index contributed by atoms with van der Waals surface area (Å²) in [5, 5.41) is 13.5. The average Bonchev–Trinajstić information content (AvgIpc) is 3.24. The second-order valence-corrected chi connectivity index (χ2v) is 8.39. The van der Waals surface area contributed by atoms with E-state index in [0.29, 0.717) is 28.1 Å². The lowest BCUT2D eigenvalue weighted by molar-refractivity contribution is 0.0693. The van der Waals surface area contributed by atoms with Crippen LogP contribution in [0.5, 0.6) is 0 Å². The first-order chi connectivity index (χ1) is 12.9. The van der Waals surface area contributed by atoms with Crippen molar-refractivity contribution < 1.29 is 18.7 Å². The van der Waals surface area contributed by atoms with E-state index < -0.39 is 17.6 Å². The molecule has 27 heavy (non-hydrogen) atoms. The largest absolute Gasteiger partial charge is 0.478 e. The average molecular weight is 390 g/mol. The lowest BCUT2D eigenvalue weighted by Gasteiger charge is -2.44. The molecule has 0 aromatic heterocycles. The van der Waals surface area contributed by atoms with Crippen molar-refractivity contribution >= 4 is 23.3 Å². The molecule has 2 aliphatic carbocycles. The molecule has 2 saturated carbocycles. The molecule has 5 atom stereocenters. The third kappa shape index (κ3) is 2.48. The van der Waals surface area contributed by atoms with Crippen LogP contribution < -0.4 is 5.32 Å². The van der Waals surface area contributed by atoms with E-state index in [4.69, 9.17) is 11.6 Å². The fourth-order valence-corrected chi connectivity index (χ4v) is 6.01. The molecule has 1 aliphatic heterocycles. The van der Waals surface area contributed by atoms with Gasteiger partial charge in [-0.15, -0.1) is 0 Å². The Kier molecular flexibility index (Phi) is 3.73. The topological polar surface area (TPSA) is 49.3 Å². The van der Waals surface area contributed by atoms with Gasteiger partial charge in [0, 0.05) is 10.7 Å². The molecule has 0 radical (unpaired) electrons. The Morgan fingerprint density at radius 3 is 2.63 bits per heavy atom. The summed E-state index contributed by atoms with van der Waals surface area (Å²) in [6.45, 7) is 0. The van der Waals surface area contributed by atoms with Gasteiger partial charge in [0.05, 0.1) is 11.6 Å². The molecule has 6 heteroatoms. The first kappa shape index (κ1) is 17.0. The van der Waals surface area contributed by atoms with Crippen molar-refractivity contribution in [2.75, 3.05) is 5.32 Å². The molecule has 2 aromatic rings. The van der Waals surface area contributed by atoms with Gasteiger partial charge in [0.25, 0.3) is 0 Å². The van der Waals surface area contributed by atoms with Gasteiger partial charge in [0.1, 0.15) is 0 Å². The van der Waals surface area contributed by atoms with E-state index in [1.807, 2.05) is 0 Å². The summed E-state index contributed by atoms with van der Waals surface area (Å²) in [5.41, 5.74) is 2.46. The van der Waals surface area contributed by atoms with Gasteiger partial charge in [-0.3, -0.25) is 0 Å². The fourth-order valence-electron chi connectivity index (χ4n) is 5.79. The van der Waals surface area contributed by atoms with Crippen molar-refractivity contribution in [1.82, 2.24) is 0 Å². The maximum atomic E-state index is 13.9. The highest BCUT2D eigenvalue weighted by Crippen LogP contribution is 2.64. The number of anilines is 1. The number of halogens is 3. The van der Waals surface area contributed by atoms with Crippen molar-refractivity contribution in [1.29, 1.82) is 0 Å². The van der Waals surface area contributed by atoms with Crippen LogP contribution in [0, 0.1) is 29.4 Å². The lowest BCUT2D eigenvalue weighted by atomic mass is 9.67. The Hall–Kier alpha value is -2.14. The molecule has 0 amide bonds. The third-order valence-electron chi connectivity index (χ3n) is 6.69. The van der Waals surface area contributed by atoms with Gasteiger partial charge in [-0.25, -0.2) is 13.6 Å². The number of carbonyl (C=O) groups is 1. The zero-order valence-electron chi connectivity index (χ0n) is 14.4. The monoisotopic (exact) mass is 389 g/mol. The molecule has 0 unspecified atom stereocenters. The van der Waals surface area contributed by atoms with Crippen LogP contribution >= 0.6 is 11.6 Å². The number of aromatic carboxylic acids is 1. The van der Waals surface area contributed by atoms with Crippen LogP contribution in [0.1, 0.15) is 52.7 Å². The Bertz CT molecular complexity index is 963. The van der Waals surface area contributed by atoms with Crippen LogP contribution in [-0.2, 0) is 0 Å². The molecule has 5 rings (SSSR count). The van der Waals surface area contributed by atoms with E-state index in [1.165, 1.54) is 12.1 Å². The van der Waals surface area contributed by atoms with E-state index in [9.17, 15) is 18.7 Å². The standard InChI is InChI=1S/C21H18ClF2NO2/c22-12-7-13(21(26)27)19-16(8-12)25-20(11-3-4-14(23)15(24)6-11)18-10-2-1-9(5-10)17(18)19/h3-4,6-10,17-18,20,25H,1-2,5H2,(H,26,27)/t9-,10-,17+,18-,20-/m0/s1. The van der Waals surface area contributed by atoms with E-state index in [-0.39, 0.29) is 23.4 Å². The number of fused-ring (bicyclic) bond motifs is 7. The van der Waals surface area contributed by atoms with E-state index in [1.54, 1.807) is 12.1 Å². The molecule has 0 spiro atoms. The van der Waals surface area contributed by atoms with Gasteiger partial charge in [-0.05, 0) is 78.3 Å². The van der Waals surface area contributed by atoms with E-state index >= 15 is 0 Å². The molecular formula is C21H18ClF2NO2.